The van der Waals surface area contributed by atoms with Crippen molar-refractivity contribution in [2.45, 2.75) is 76.5 Å². The van der Waals surface area contributed by atoms with Crippen LogP contribution >= 0.6 is 0 Å². The number of esters is 1. The first-order valence-corrected chi connectivity index (χ1v) is 16.0. The van der Waals surface area contributed by atoms with Crippen molar-refractivity contribution in [3.05, 3.63) is 59.7 Å². The van der Waals surface area contributed by atoms with Crippen LogP contribution in [0.4, 0.5) is 4.39 Å². The molecular weight excluding hydrogens is 611 g/mol. The molecule has 2 saturated heterocycles. The molecule has 2 atom stereocenters. The highest BCUT2D eigenvalue weighted by atomic mass is 19.1. The molecule has 4 rings (SSSR count). The van der Waals surface area contributed by atoms with Gasteiger partial charge in [-0.3, -0.25) is 14.4 Å². The summed E-state index contributed by atoms with van der Waals surface area (Å²) in [5.74, 6) is -1.19. The van der Waals surface area contributed by atoms with Crippen molar-refractivity contribution in [3.63, 3.8) is 0 Å². The molecule has 0 aromatic heterocycles. The van der Waals surface area contributed by atoms with Gasteiger partial charge in [0.05, 0.1) is 34.0 Å². The van der Waals surface area contributed by atoms with E-state index in [1.54, 1.807) is 43.3 Å². The number of benzene rings is 2. The predicted molar refractivity (Wildman–Crippen MR) is 172 cm³/mol. The molecule has 2 unspecified atom stereocenters. The number of alkyl halides is 1. The van der Waals surface area contributed by atoms with Crippen molar-refractivity contribution in [3.8, 4) is 23.0 Å². The Morgan fingerprint density at radius 1 is 0.787 bits per heavy atom. The van der Waals surface area contributed by atoms with Gasteiger partial charge in [-0.05, 0) is 80.2 Å². The van der Waals surface area contributed by atoms with Crippen LogP contribution in [0.15, 0.2) is 48.6 Å². The molecule has 0 aliphatic carbocycles. The fourth-order valence-corrected chi connectivity index (χ4v) is 5.15. The van der Waals surface area contributed by atoms with Crippen molar-refractivity contribution in [1.29, 1.82) is 0 Å². The summed E-state index contributed by atoms with van der Waals surface area (Å²) >= 11 is 0. The second-order valence-corrected chi connectivity index (χ2v) is 11.1. The summed E-state index contributed by atoms with van der Waals surface area (Å²) in [5.41, 5.74) is -2.00. The van der Waals surface area contributed by atoms with E-state index in [2.05, 4.69) is 0 Å². The minimum atomic E-state index is -3.02. The van der Waals surface area contributed by atoms with Crippen LogP contribution in [-0.4, -0.2) is 69.8 Å². The van der Waals surface area contributed by atoms with Gasteiger partial charge < -0.3 is 33.2 Å². The van der Waals surface area contributed by atoms with Crippen LogP contribution in [0.2, 0.25) is 0 Å². The van der Waals surface area contributed by atoms with E-state index in [1.165, 1.54) is 26.4 Å². The standard InChI is InChI=1S/C36H43FO10/c1-4-43-33(40)19-20-36(37,31(38)17-13-25-11-15-27(29(23-25)41-2)46-34-9-5-7-21-44-34)32(39)18-14-26-12-16-28(30(24-26)42-3)47-35-10-6-8-22-45-35/h11-18,23-24,34-35H,4-10,19-22H2,1-3H3/b17-13+,18-14+. The van der Waals surface area contributed by atoms with E-state index in [0.717, 1.165) is 50.7 Å². The molecule has 0 radical (unpaired) electrons. The highest BCUT2D eigenvalue weighted by molar-refractivity contribution is 6.20. The third-order valence-corrected chi connectivity index (χ3v) is 7.78. The molecule has 0 saturated carbocycles. The van der Waals surface area contributed by atoms with Crippen molar-refractivity contribution < 1.29 is 51.9 Å². The SMILES string of the molecule is CCOC(=O)CCC(F)(C(=O)/C=C/c1ccc(OC2CCCCO2)c(OC)c1)C(=O)/C=C/c1ccc(OC2CCCCO2)c(OC)c1. The summed E-state index contributed by atoms with van der Waals surface area (Å²) in [6.07, 6.45) is 8.29. The molecule has 0 bridgehead atoms. The minimum Gasteiger partial charge on any atom is -0.493 e. The van der Waals surface area contributed by atoms with Crippen molar-refractivity contribution >= 4 is 29.7 Å². The van der Waals surface area contributed by atoms with Gasteiger partial charge in [-0.15, -0.1) is 0 Å². The monoisotopic (exact) mass is 654 g/mol. The van der Waals surface area contributed by atoms with Crippen LogP contribution in [-0.2, 0) is 28.6 Å². The first-order chi connectivity index (χ1) is 22.7. The van der Waals surface area contributed by atoms with Gasteiger partial charge in [0.15, 0.2) is 35.6 Å². The quantitative estimate of drug-likeness (QED) is 0.114. The average molecular weight is 655 g/mol. The highest BCUT2D eigenvalue weighted by Gasteiger charge is 2.43. The van der Waals surface area contributed by atoms with E-state index in [1.807, 2.05) is 0 Å². The molecule has 2 aromatic rings. The Morgan fingerprint density at radius 3 is 1.68 bits per heavy atom. The van der Waals surface area contributed by atoms with Gasteiger partial charge in [0, 0.05) is 25.7 Å². The van der Waals surface area contributed by atoms with Crippen molar-refractivity contribution in [2.24, 2.45) is 0 Å². The van der Waals surface area contributed by atoms with Gasteiger partial charge in [0.25, 0.3) is 0 Å². The maximum Gasteiger partial charge on any atom is 0.305 e. The van der Waals surface area contributed by atoms with Crippen LogP contribution in [0, 0.1) is 0 Å². The van der Waals surface area contributed by atoms with Gasteiger partial charge in [0.1, 0.15) is 0 Å². The maximum absolute atomic E-state index is 16.4. The molecule has 2 aliphatic rings. The number of rotatable bonds is 16. The third kappa shape index (κ3) is 10.1. The van der Waals surface area contributed by atoms with E-state index < -0.39 is 36.0 Å². The van der Waals surface area contributed by atoms with Crippen LogP contribution in [0.1, 0.15) is 69.4 Å². The number of methoxy groups -OCH3 is 2. The van der Waals surface area contributed by atoms with Crippen molar-refractivity contribution in [2.75, 3.05) is 34.0 Å². The molecule has 0 spiro atoms. The molecular formula is C36H43FO10. The Hall–Kier alpha value is -4.22. The Morgan fingerprint density at radius 2 is 1.28 bits per heavy atom. The normalized spacial score (nSPS) is 19.6. The second kappa shape index (κ2) is 17.6. The zero-order valence-corrected chi connectivity index (χ0v) is 27.2. The third-order valence-electron chi connectivity index (χ3n) is 7.78. The number of allylic oxidation sites excluding steroid dienone is 2. The molecule has 254 valence electrons. The molecule has 2 heterocycles. The van der Waals surface area contributed by atoms with E-state index in [0.29, 0.717) is 47.3 Å². The summed E-state index contributed by atoms with van der Waals surface area (Å²) in [6, 6.07) is 9.94. The maximum atomic E-state index is 16.4. The number of carbonyl (C=O) groups is 3. The Balaban J connectivity index is 1.50. The summed E-state index contributed by atoms with van der Waals surface area (Å²) in [6.45, 7) is 2.94. The summed E-state index contributed by atoms with van der Waals surface area (Å²) in [5, 5.41) is 0. The van der Waals surface area contributed by atoms with E-state index >= 15 is 4.39 Å². The fourth-order valence-electron chi connectivity index (χ4n) is 5.15. The fraction of sp³-hybridized carbons (Fsp3) is 0.472. The summed E-state index contributed by atoms with van der Waals surface area (Å²) in [4.78, 5) is 38.6. The zero-order chi connectivity index (χ0) is 33.6. The predicted octanol–water partition coefficient (Wildman–Crippen LogP) is 6.43. The van der Waals surface area contributed by atoms with Gasteiger partial charge in [-0.2, -0.15) is 0 Å². The number of halogens is 1. The average Bonchev–Trinajstić information content (AvgIpc) is 3.10. The van der Waals surface area contributed by atoms with E-state index in [-0.39, 0.29) is 19.2 Å². The Bertz CT molecular complexity index is 1330. The smallest absolute Gasteiger partial charge is 0.305 e. The first kappa shape index (κ1) is 35.6. The number of hydrogen-bond donors (Lipinski definition) is 0. The Labute approximate surface area is 274 Å². The lowest BCUT2D eigenvalue weighted by Gasteiger charge is -2.24. The van der Waals surface area contributed by atoms with Crippen LogP contribution in [0.5, 0.6) is 23.0 Å². The molecule has 2 aromatic carbocycles. The van der Waals surface area contributed by atoms with E-state index in [4.69, 9.17) is 33.2 Å². The van der Waals surface area contributed by atoms with Crippen LogP contribution in [0.3, 0.4) is 0 Å². The number of hydrogen-bond acceptors (Lipinski definition) is 10. The highest BCUT2D eigenvalue weighted by Crippen LogP contribution is 2.33. The van der Waals surface area contributed by atoms with Crippen molar-refractivity contribution in [1.82, 2.24) is 0 Å². The van der Waals surface area contributed by atoms with Gasteiger partial charge in [0.2, 0.25) is 17.2 Å². The Kier molecular flexibility index (Phi) is 13.4. The van der Waals surface area contributed by atoms with Crippen LogP contribution in [0.25, 0.3) is 12.2 Å². The van der Waals surface area contributed by atoms with Gasteiger partial charge in [-0.25, -0.2) is 4.39 Å². The lowest BCUT2D eigenvalue weighted by atomic mass is 9.88. The van der Waals surface area contributed by atoms with Gasteiger partial charge >= 0.3 is 5.97 Å². The topological polar surface area (TPSA) is 116 Å². The molecule has 0 N–H and O–H groups in total. The number of ether oxygens (including phenoxy) is 7. The minimum absolute atomic E-state index is 0.0860. The number of ketones is 2. The molecule has 0 amide bonds. The first-order valence-electron chi connectivity index (χ1n) is 16.0. The largest absolute Gasteiger partial charge is 0.493 e. The number of carbonyl (C=O) groups excluding carboxylic acids is 3. The molecule has 10 nitrogen and oxygen atoms in total. The van der Waals surface area contributed by atoms with Crippen LogP contribution < -0.4 is 18.9 Å². The molecule has 2 fully saturated rings. The lowest BCUT2D eigenvalue weighted by molar-refractivity contribution is -0.145. The molecule has 2 aliphatic heterocycles. The van der Waals surface area contributed by atoms with Gasteiger partial charge in [-0.1, -0.05) is 24.3 Å². The lowest BCUT2D eigenvalue weighted by Crippen LogP contribution is -2.41. The second-order valence-electron chi connectivity index (χ2n) is 11.1. The molecule has 47 heavy (non-hydrogen) atoms. The molecule has 11 heteroatoms. The van der Waals surface area contributed by atoms with E-state index in [9.17, 15) is 14.4 Å². The zero-order valence-electron chi connectivity index (χ0n) is 27.2. The summed E-state index contributed by atoms with van der Waals surface area (Å²) < 4.78 is 55.3. The summed E-state index contributed by atoms with van der Waals surface area (Å²) in [7, 11) is 2.97.